The van der Waals surface area contributed by atoms with E-state index in [0.29, 0.717) is 23.8 Å². The number of hydrogen-bond acceptors (Lipinski definition) is 6. The zero-order valence-corrected chi connectivity index (χ0v) is 15.1. The van der Waals surface area contributed by atoms with Gasteiger partial charge in [0.15, 0.2) is 0 Å². The lowest BCUT2D eigenvalue weighted by molar-refractivity contribution is 0.131. The van der Waals surface area contributed by atoms with Gasteiger partial charge < -0.3 is 15.2 Å². The van der Waals surface area contributed by atoms with Crippen LogP contribution >= 0.6 is 11.3 Å². The molecule has 0 unspecified atom stereocenters. The fraction of sp³-hybridized carbons (Fsp3) is 0.444. The Morgan fingerprint density at radius 1 is 1.44 bits per heavy atom. The zero-order valence-electron chi connectivity index (χ0n) is 14.2. The Labute approximate surface area is 151 Å². The number of aromatic hydroxyl groups is 1. The summed E-state index contributed by atoms with van der Waals surface area (Å²) in [5.41, 5.74) is 2.27. The van der Waals surface area contributed by atoms with Gasteiger partial charge in [-0.25, -0.2) is 9.78 Å². The first-order chi connectivity index (χ1) is 12.2. The normalized spacial score (nSPS) is 15.1. The summed E-state index contributed by atoms with van der Waals surface area (Å²) in [6.45, 7) is 4.42. The van der Waals surface area contributed by atoms with Crippen LogP contribution in [-0.2, 0) is 11.2 Å². The maximum absolute atomic E-state index is 12.2. The van der Waals surface area contributed by atoms with E-state index in [1.807, 2.05) is 12.3 Å². The van der Waals surface area contributed by atoms with Crippen LogP contribution in [0.5, 0.6) is 5.75 Å². The number of hydrogen-bond donors (Lipinski definition) is 3. The average Bonchev–Trinajstić information content (AvgIpc) is 3.11. The van der Waals surface area contributed by atoms with Crippen LogP contribution in [-0.4, -0.2) is 35.9 Å². The van der Waals surface area contributed by atoms with Gasteiger partial charge in [0.25, 0.3) is 0 Å². The molecule has 6 nitrogen and oxygen atoms in total. The van der Waals surface area contributed by atoms with Gasteiger partial charge in [0.05, 0.1) is 18.0 Å². The van der Waals surface area contributed by atoms with E-state index in [9.17, 15) is 9.90 Å². The summed E-state index contributed by atoms with van der Waals surface area (Å²) in [5, 5.41) is 18.6. The minimum absolute atomic E-state index is 0.136. The van der Waals surface area contributed by atoms with Gasteiger partial charge in [0, 0.05) is 10.9 Å². The first-order valence-electron chi connectivity index (χ1n) is 8.58. The molecule has 1 aliphatic rings. The predicted octanol–water partition coefficient (Wildman–Crippen LogP) is 3.63. The van der Waals surface area contributed by atoms with E-state index >= 15 is 0 Å². The van der Waals surface area contributed by atoms with Crippen LogP contribution in [0.3, 0.4) is 0 Å². The van der Waals surface area contributed by atoms with Gasteiger partial charge >= 0.3 is 6.09 Å². The number of aromatic nitrogens is 1. The number of carbonyl (C=O) groups is 1. The second-order valence-corrected chi connectivity index (χ2v) is 7.00. The molecule has 0 bridgehead atoms. The highest BCUT2D eigenvalue weighted by molar-refractivity contribution is 7.13. The molecule has 3 rings (SSSR count). The highest BCUT2D eigenvalue weighted by Gasteiger charge is 2.17. The van der Waals surface area contributed by atoms with Crippen LogP contribution in [0.2, 0.25) is 0 Å². The van der Waals surface area contributed by atoms with Gasteiger partial charge in [-0.15, -0.1) is 11.3 Å². The van der Waals surface area contributed by atoms with Crippen molar-refractivity contribution in [2.45, 2.75) is 26.2 Å². The maximum Gasteiger partial charge on any atom is 0.411 e. The number of thiazole rings is 1. The largest absolute Gasteiger partial charge is 0.508 e. The number of aryl methyl sites for hydroxylation is 1. The summed E-state index contributed by atoms with van der Waals surface area (Å²) < 4.78 is 5.38. The molecule has 25 heavy (non-hydrogen) atoms. The Morgan fingerprint density at radius 3 is 2.96 bits per heavy atom. The van der Waals surface area contributed by atoms with Crippen LogP contribution in [0.25, 0.3) is 10.6 Å². The van der Waals surface area contributed by atoms with E-state index in [-0.39, 0.29) is 5.75 Å². The Hall–Kier alpha value is -2.12. The molecular formula is C18H23N3O3S. The van der Waals surface area contributed by atoms with Crippen molar-refractivity contribution >= 4 is 23.1 Å². The topological polar surface area (TPSA) is 83.5 Å². The minimum atomic E-state index is -0.474. The molecule has 2 heterocycles. The molecule has 0 atom stereocenters. The van der Waals surface area contributed by atoms with Crippen molar-refractivity contribution in [3.05, 3.63) is 29.3 Å². The smallest absolute Gasteiger partial charge is 0.411 e. The van der Waals surface area contributed by atoms with Gasteiger partial charge in [0.2, 0.25) is 0 Å². The van der Waals surface area contributed by atoms with E-state index in [1.54, 1.807) is 18.2 Å². The highest BCUT2D eigenvalue weighted by atomic mass is 32.1. The van der Waals surface area contributed by atoms with Gasteiger partial charge in [-0.3, -0.25) is 5.32 Å². The molecule has 0 saturated carbocycles. The van der Waals surface area contributed by atoms with Crippen molar-refractivity contribution in [2.75, 3.05) is 25.0 Å². The molecule has 1 saturated heterocycles. The number of phenols is 1. The number of piperidine rings is 1. The summed E-state index contributed by atoms with van der Waals surface area (Å²) in [6.07, 6.45) is 2.42. The SMILES string of the molecule is CCc1csc(-c2cc(O)ccc2NC(=O)OCC2CCNCC2)n1. The number of carbonyl (C=O) groups excluding carboxylic acids is 1. The summed E-state index contributed by atoms with van der Waals surface area (Å²) in [5.74, 6) is 0.550. The number of nitrogens with zero attached hydrogens (tertiary/aromatic N) is 1. The molecule has 0 spiro atoms. The summed E-state index contributed by atoms with van der Waals surface area (Å²) in [7, 11) is 0. The van der Waals surface area contributed by atoms with Crippen LogP contribution in [0.1, 0.15) is 25.5 Å². The monoisotopic (exact) mass is 361 g/mol. The number of rotatable bonds is 5. The molecule has 1 amide bonds. The van der Waals surface area contributed by atoms with Gasteiger partial charge in [-0.05, 0) is 56.5 Å². The molecule has 0 aliphatic carbocycles. The standard InChI is InChI=1S/C18H23N3O3S/c1-2-13-11-25-17(20-13)15-9-14(22)3-4-16(15)21-18(23)24-10-12-5-7-19-8-6-12/h3-4,9,11-12,19,22H,2,5-8,10H2,1H3,(H,21,23). The Bertz CT molecular complexity index is 726. The first-order valence-corrected chi connectivity index (χ1v) is 9.46. The van der Waals surface area contributed by atoms with Crippen LogP contribution in [0.4, 0.5) is 10.5 Å². The van der Waals surface area contributed by atoms with E-state index in [0.717, 1.165) is 43.1 Å². The highest BCUT2D eigenvalue weighted by Crippen LogP contribution is 2.33. The first kappa shape index (κ1) is 17.7. The van der Waals surface area contributed by atoms with Crippen LogP contribution in [0.15, 0.2) is 23.6 Å². The lowest BCUT2D eigenvalue weighted by Gasteiger charge is -2.22. The summed E-state index contributed by atoms with van der Waals surface area (Å²) in [4.78, 5) is 16.7. The van der Waals surface area contributed by atoms with Crippen molar-refractivity contribution in [2.24, 2.45) is 5.92 Å². The number of benzene rings is 1. The molecule has 1 aromatic heterocycles. The summed E-state index contributed by atoms with van der Waals surface area (Å²) in [6, 6.07) is 4.82. The fourth-order valence-corrected chi connectivity index (χ4v) is 3.73. The quantitative estimate of drug-likeness (QED) is 0.709. The third-order valence-electron chi connectivity index (χ3n) is 4.29. The van der Waals surface area contributed by atoms with Crippen molar-refractivity contribution < 1.29 is 14.6 Å². The lowest BCUT2D eigenvalue weighted by atomic mass is 9.99. The maximum atomic E-state index is 12.2. The van der Waals surface area contributed by atoms with E-state index in [4.69, 9.17) is 4.74 Å². The Morgan fingerprint density at radius 2 is 2.24 bits per heavy atom. The second-order valence-electron chi connectivity index (χ2n) is 6.14. The number of nitrogens with one attached hydrogen (secondary N) is 2. The van der Waals surface area contributed by atoms with Crippen molar-refractivity contribution in [1.82, 2.24) is 10.3 Å². The molecular weight excluding hydrogens is 338 g/mol. The molecule has 134 valence electrons. The van der Waals surface area contributed by atoms with Gasteiger partial charge in [-0.1, -0.05) is 6.92 Å². The van der Waals surface area contributed by atoms with Crippen molar-refractivity contribution in [3.63, 3.8) is 0 Å². The predicted molar refractivity (Wildman–Crippen MR) is 99.2 cm³/mol. The molecule has 1 aliphatic heterocycles. The molecule has 0 radical (unpaired) electrons. The van der Waals surface area contributed by atoms with E-state index in [1.165, 1.54) is 11.3 Å². The second kappa shape index (κ2) is 8.31. The Kier molecular flexibility index (Phi) is 5.88. The van der Waals surface area contributed by atoms with E-state index < -0.39 is 6.09 Å². The molecule has 1 fully saturated rings. The number of phenolic OH excluding ortho intramolecular Hbond substituents is 1. The number of ether oxygens (including phenoxy) is 1. The molecule has 1 aromatic carbocycles. The van der Waals surface area contributed by atoms with Crippen LogP contribution in [0, 0.1) is 5.92 Å². The van der Waals surface area contributed by atoms with E-state index in [2.05, 4.69) is 15.6 Å². The van der Waals surface area contributed by atoms with Gasteiger partial charge in [-0.2, -0.15) is 0 Å². The van der Waals surface area contributed by atoms with Gasteiger partial charge in [0.1, 0.15) is 10.8 Å². The number of amides is 1. The third-order valence-corrected chi connectivity index (χ3v) is 5.22. The zero-order chi connectivity index (χ0) is 17.6. The van der Waals surface area contributed by atoms with Crippen molar-refractivity contribution in [3.8, 4) is 16.3 Å². The summed E-state index contributed by atoms with van der Waals surface area (Å²) >= 11 is 1.49. The molecule has 3 N–H and O–H groups in total. The minimum Gasteiger partial charge on any atom is -0.508 e. The van der Waals surface area contributed by atoms with Crippen LogP contribution < -0.4 is 10.6 Å². The third kappa shape index (κ3) is 4.70. The molecule has 7 heteroatoms. The Balaban J connectivity index is 1.67. The molecule has 2 aromatic rings. The average molecular weight is 361 g/mol. The number of anilines is 1. The lowest BCUT2D eigenvalue weighted by Crippen LogP contribution is -2.31. The van der Waals surface area contributed by atoms with Crippen molar-refractivity contribution in [1.29, 1.82) is 0 Å². The fourth-order valence-electron chi connectivity index (χ4n) is 2.80.